The fraction of sp³-hybridized carbons (Fsp3) is 0.259. The minimum Gasteiger partial charge on any atom is -1.00 e. The third kappa shape index (κ3) is 3.97. The molecule has 0 saturated carbocycles. The van der Waals surface area contributed by atoms with Crippen molar-refractivity contribution in [1.29, 1.82) is 0 Å². The first kappa shape index (κ1) is 22.3. The summed E-state index contributed by atoms with van der Waals surface area (Å²) in [6.45, 7) is 8.26. The van der Waals surface area contributed by atoms with Crippen LogP contribution in [0.1, 0.15) is 38.4 Å². The predicted molar refractivity (Wildman–Crippen MR) is 122 cm³/mol. The van der Waals surface area contributed by atoms with Crippen LogP contribution < -0.4 is 26.3 Å². The highest BCUT2D eigenvalue weighted by Crippen LogP contribution is 2.26. The molecule has 5 heteroatoms. The van der Waals surface area contributed by atoms with Crippen molar-refractivity contribution in [1.82, 2.24) is 4.57 Å². The average Bonchev–Trinajstić information content (AvgIpc) is 3.33. The Hall–Kier alpha value is -2.92. The van der Waals surface area contributed by atoms with Crippen molar-refractivity contribution in [2.75, 3.05) is 6.61 Å². The van der Waals surface area contributed by atoms with Crippen LogP contribution in [0, 0.1) is 20.8 Å². The van der Waals surface area contributed by atoms with Crippen LogP contribution >= 0.6 is 0 Å². The summed E-state index contributed by atoms with van der Waals surface area (Å²) in [5.74, 6) is 2.22. The van der Waals surface area contributed by atoms with Gasteiger partial charge in [-0.3, -0.25) is 4.79 Å². The molecule has 4 aromatic rings. The number of halogens is 1. The van der Waals surface area contributed by atoms with Crippen molar-refractivity contribution in [2.45, 2.75) is 40.3 Å². The number of imidazole rings is 1. The Kier molecular flexibility index (Phi) is 6.20. The summed E-state index contributed by atoms with van der Waals surface area (Å²) < 4.78 is 10.2. The number of carbonyl (C=O) groups excluding carboxylic acids is 1. The highest BCUT2D eigenvalue weighted by Gasteiger charge is 2.25. The zero-order valence-electron chi connectivity index (χ0n) is 18.7. The number of aryl methyl sites for hydroxylation is 2. The van der Waals surface area contributed by atoms with Gasteiger partial charge < -0.3 is 21.7 Å². The van der Waals surface area contributed by atoms with Crippen LogP contribution in [0.3, 0.4) is 0 Å². The van der Waals surface area contributed by atoms with Gasteiger partial charge in [0.2, 0.25) is 5.78 Å². The second-order valence-corrected chi connectivity index (χ2v) is 8.47. The van der Waals surface area contributed by atoms with Crippen LogP contribution in [-0.4, -0.2) is 17.0 Å². The molecule has 1 aliphatic heterocycles. The maximum Gasteiger partial charge on any atom is 0.254 e. The number of ether oxygens (including phenoxy) is 1. The monoisotopic (exact) mass is 490 g/mol. The molecule has 0 atom stereocenters. The van der Waals surface area contributed by atoms with Crippen LogP contribution in [-0.2, 0) is 19.5 Å². The Labute approximate surface area is 199 Å². The lowest BCUT2D eigenvalue weighted by Crippen LogP contribution is -3.00. The Morgan fingerprint density at radius 1 is 1.00 bits per heavy atom. The number of hydrogen-bond acceptors (Lipinski definition) is 2. The zero-order valence-corrected chi connectivity index (χ0v) is 20.3. The van der Waals surface area contributed by atoms with E-state index in [1.165, 1.54) is 27.8 Å². The van der Waals surface area contributed by atoms with Crippen LogP contribution in [0.25, 0.3) is 11.0 Å². The highest BCUT2D eigenvalue weighted by molar-refractivity contribution is 5.96. The van der Waals surface area contributed by atoms with Crippen LogP contribution in [0.2, 0.25) is 0 Å². The molecule has 32 heavy (non-hydrogen) atoms. The third-order valence-corrected chi connectivity index (χ3v) is 6.45. The van der Waals surface area contributed by atoms with E-state index >= 15 is 0 Å². The van der Waals surface area contributed by atoms with Gasteiger partial charge in [-0.2, -0.15) is 0 Å². The summed E-state index contributed by atoms with van der Waals surface area (Å²) in [6, 6.07) is 20.5. The summed E-state index contributed by atoms with van der Waals surface area (Å²) in [7, 11) is 0. The van der Waals surface area contributed by atoms with Crippen LogP contribution in [0.4, 0.5) is 0 Å². The molecule has 4 nitrogen and oxygen atoms in total. The van der Waals surface area contributed by atoms with Gasteiger partial charge in [-0.1, -0.05) is 36.4 Å². The molecule has 0 amide bonds. The standard InChI is InChI=1S/C27H27N2O2.BrH/c1-18-13-24-25(14-19(18)2)29(17-26(30)22-7-5-4-6-8-22)20(3)28(24)16-21-9-10-27-23(15-21)11-12-31-27;/h4-10,13-15H,11-12,16-17H2,1-3H3;1H/q+1;/p-1. The van der Waals surface area contributed by atoms with Crippen molar-refractivity contribution < 1.29 is 31.1 Å². The van der Waals surface area contributed by atoms with E-state index in [2.05, 4.69) is 60.2 Å². The van der Waals surface area contributed by atoms with Gasteiger partial charge in [0.15, 0.2) is 17.6 Å². The second-order valence-electron chi connectivity index (χ2n) is 8.47. The number of benzene rings is 3. The molecule has 1 aliphatic rings. The topological polar surface area (TPSA) is 35.1 Å². The molecule has 0 aliphatic carbocycles. The van der Waals surface area contributed by atoms with Gasteiger partial charge in [0.1, 0.15) is 12.3 Å². The average molecular weight is 491 g/mol. The quantitative estimate of drug-likeness (QED) is 0.315. The molecule has 0 spiro atoms. The number of aromatic nitrogens is 2. The van der Waals surface area contributed by atoms with E-state index in [9.17, 15) is 4.79 Å². The summed E-state index contributed by atoms with van der Waals surface area (Å²) in [5.41, 5.74) is 8.05. The number of nitrogens with zero attached hydrogens (tertiary/aromatic N) is 2. The number of fused-ring (bicyclic) bond motifs is 2. The largest absolute Gasteiger partial charge is 1.00 e. The summed E-state index contributed by atoms with van der Waals surface area (Å²) in [4.78, 5) is 13.0. The lowest BCUT2D eigenvalue weighted by atomic mass is 10.1. The Morgan fingerprint density at radius 2 is 1.75 bits per heavy atom. The first-order valence-corrected chi connectivity index (χ1v) is 10.8. The summed E-state index contributed by atoms with van der Waals surface area (Å²) in [6.07, 6.45) is 0.971. The van der Waals surface area contributed by atoms with E-state index in [4.69, 9.17) is 4.74 Å². The Morgan fingerprint density at radius 3 is 2.53 bits per heavy atom. The molecule has 0 unspecified atom stereocenters. The molecule has 0 N–H and O–H groups in total. The fourth-order valence-electron chi connectivity index (χ4n) is 4.49. The van der Waals surface area contributed by atoms with E-state index in [1.807, 2.05) is 30.3 Å². The minimum atomic E-state index is 0. The van der Waals surface area contributed by atoms with E-state index in [0.29, 0.717) is 6.54 Å². The van der Waals surface area contributed by atoms with Crippen molar-refractivity contribution in [3.05, 3.63) is 94.3 Å². The molecular formula is C27H27BrN2O2. The fourth-order valence-corrected chi connectivity index (χ4v) is 4.49. The van der Waals surface area contributed by atoms with Crippen LogP contribution in [0.5, 0.6) is 5.75 Å². The lowest BCUT2D eigenvalue weighted by Gasteiger charge is -2.05. The molecule has 3 aromatic carbocycles. The maximum absolute atomic E-state index is 13.0. The molecule has 0 saturated heterocycles. The number of ketones is 1. The van der Waals surface area contributed by atoms with E-state index < -0.39 is 0 Å². The van der Waals surface area contributed by atoms with Gasteiger partial charge in [-0.05, 0) is 60.4 Å². The molecule has 1 aromatic heterocycles. The number of carbonyl (C=O) groups is 1. The van der Waals surface area contributed by atoms with Gasteiger partial charge in [0.05, 0.1) is 6.61 Å². The summed E-state index contributed by atoms with van der Waals surface area (Å²) >= 11 is 0. The maximum atomic E-state index is 13.0. The molecule has 0 radical (unpaired) electrons. The molecule has 0 bridgehead atoms. The minimum absolute atomic E-state index is 0. The SMILES string of the molecule is Cc1cc2c(cc1C)[n+](Cc1ccc3c(c1)CCO3)c(C)n2CC(=O)c1ccccc1.[Br-]. The number of rotatable bonds is 5. The molecule has 5 rings (SSSR count). The smallest absolute Gasteiger partial charge is 0.254 e. The number of hydrogen-bond donors (Lipinski definition) is 0. The van der Waals surface area contributed by atoms with Crippen LogP contribution in [0.15, 0.2) is 60.7 Å². The first-order valence-electron chi connectivity index (χ1n) is 10.8. The van der Waals surface area contributed by atoms with E-state index in [-0.39, 0.29) is 22.8 Å². The van der Waals surface area contributed by atoms with Gasteiger partial charge in [-0.15, -0.1) is 0 Å². The van der Waals surface area contributed by atoms with Crippen molar-refractivity contribution in [3.8, 4) is 5.75 Å². The molecular weight excluding hydrogens is 464 g/mol. The molecule has 2 heterocycles. The molecule has 164 valence electrons. The zero-order chi connectivity index (χ0) is 21.5. The highest BCUT2D eigenvalue weighted by atomic mass is 79.9. The lowest BCUT2D eigenvalue weighted by molar-refractivity contribution is -0.669. The van der Waals surface area contributed by atoms with E-state index in [0.717, 1.165) is 42.2 Å². The summed E-state index contributed by atoms with van der Waals surface area (Å²) in [5, 5.41) is 0. The molecule has 0 fully saturated rings. The van der Waals surface area contributed by atoms with E-state index in [1.54, 1.807) is 0 Å². The van der Waals surface area contributed by atoms with Gasteiger partial charge in [-0.25, -0.2) is 9.13 Å². The normalized spacial score (nSPS) is 12.3. The Balaban J connectivity index is 0.00000245. The first-order chi connectivity index (χ1) is 15.0. The second kappa shape index (κ2) is 8.91. The predicted octanol–water partition coefficient (Wildman–Crippen LogP) is 1.72. The van der Waals surface area contributed by atoms with Crippen molar-refractivity contribution in [2.24, 2.45) is 0 Å². The van der Waals surface area contributed by atoms with Crippen molar-refractivity contribution in [3.63, 3.8) is 0 Å². The van der Waals surface area contributed by atoms with Crippen molar-refractivity contribution >= 4 is 16.8 Å². The number of Topliss-reactive ketones (excluding diaryl/α,β-unsaturated/α-hetero) is 1. The Bertz CT molecular complexity index is 1310. The van der Waals surface area contributed by atoms with Gasteiger partial charge >= 0.3 is 0 Å². The van der Waals surface area contributed by atoms with Gasteiger partial charge in [0, 0.05) is 18.9 Å². The third-order valence-electron chi connectivity index (χ3n) is 6.45. The van der Waals surface area contributed by atoms with Gasteiger partial charge in [0.25, 0.3) is 5.82 Å².